The predicted molar refractivity (Wildman–Crippen MR) is 78.7 cm³/mol. The van der Waals surface area contributed by atoms with Gasteiger partial charge in [-0.1, -0.05) is 0 Å². The third-order valence-corrected chi connectivity index (χ3v) is 3.60. The molecule has 0 saturated carbocycles. The van der Waals surface area contributed by atoms with Crippen LogP contribution in [0.2, 0.25) is 0 Å². The molecular formula is C15H15F3N4O2. The Morgan fingerprint density at radius 3 is 2.79 bits per heavy atom. The molecule has 1 fully saturated rings. The molecule has 1 saturated heterocycles. The molecule has 24 heavy (non-hydrogen) atoms. The van der Waals surface area contributed by atoms with Gasteiger partial charge in [0.2, 0.25) is 0 Å². The first-order valence-electron chi connectivity index (χ1n) is 7.37. The van der Waals surface area contributed by atoms with E-state index in [0.29, 0.717) is 24.5 Å². The Morgan fingerprint density at radius 2 is 2.21 bits per heavy atom. The van der Waals surface area contributed by atoms with Crippen LogP contribution in [0.3, 0.4) is 0 Å². The molecule has 6 nitrogen and oxygen atoms in total. The molecule has 2 aromatic heterocycles. The average Bonchev–Trinajstić information content (AvgIpc) is 3.16. The highest BCUT2D eigenvalue weighted by molar-refractivity contribution is 5.93. The molecule has 1 aliphatic rings. The second-order valence-corrected chi connectivity index (χ2v) is 5.48. The molecular weight excluding hydrogens is 325 g/mol. The van der Waals surface area contributed by atoms with E-state index in [0.717, 1.165) is 18.7 Å². The second kappa shape index (κ2) is 6.23. The van der Waals surface area contributed by atoms with Gasteiger partial charge in [0.1, 0.15) is 11.9 Å². The van der Waals surface area contributed by atoms with E-state index in [1.54, 1.807) is 13.0 Å². The predicted octanol–water partition coefficient (Wildman–Crippen LogP) is 2.71. The van der Waals surface area contributed by atoms with Crippen LogP contribution in [0, 0.1) is 6.92 Å². The van der Waals surface area contributed by atoms with Crippen molar-refractivity contribution in [3.05, 3.63) is 35.7 Å². The Hall–Kier alpha value is -2.42. The number of anilines is 1. The van der Waals surface area contributed by atoms with Crippen LogP contribution in [0.15, 0.2) is 24.4 Å². The number of rotatable bonds is 3. The van der Waals surface area contributed by atoms with Gasteiger partial charge in [0.15, 0.2) is 5.82 Å². The summed E-state index contributed by atoms with van der Waals surface area (Å²) >= 11 is 0. The Balaban J connectivity index is 1.84. The molecule has 1 atom stereocenters. The van der Waals surface area contributed by atoms with Crippen LogP contribution < -0.4 is 5.32 Å². The Labute approximate surface area is 135 Å². The Morgan fingerprint density at radius 1 is 1.42 bits per heavy atom. The molecule has 3 heterocycles. The molecule has 3 rings (SSSR count). The number of amides is 1. The van der Waals surface area contributed by atoms with Gasteiger partial charge in [-0.2, -0.15) is 23.0 Å². The zero-order valence-corrected chi connectivity index (χ0v) is 12.8. The zero-order chi connectivity index (χ0) is 17.3. The number of halogens is 3. The van der Waals surface area contributed by atoms with Crippen LogP contribution in [0.1, 0.15) is 24.1 Å². The molecule has 1 amide bonds. The number of nitrogens with one attached hydrogen (secondary N) is 1. The van der Waals surface area contributed by atoms with E-state index in [9.17, 15) is 18.0 Å². The summed E-state index contributed by atoms with van der Waals surface area (Å²) < 4.78 is 44.5. The number of pyridine rings is 1. The first kappa shape index (κ1) is 16.4. The van der Waals surface area contributed by atoms with Gasteiger partial charge in [-0.3, -0.25) is 4.79 Å². The van der Waals surface area contributed by atoms with Crippen molar-refractivity contribution in [2.24, 2.45) is 0 Å². The minimum absolute atomic E-state index is 0.179. The third-order valence-electron chi connectivity index (χ3n) is 3.60. The highest BCUT2D eigenvalue weighted by Crippen LogP contribution is 2.29. The van der Waals surface area contributed by atoms with Crippen molar-refractivity contribution >= 4 is 11.7 Å². The summed E-state index contributed by atoms with van der Waals surface area (Å²) in [5.74, 6) is 0.208. The molecule has 1 aliphatic heterocycles. The normalized spacial score (nSPS) is 17.9. The average molecular weight is 340 g/mol. The van der Waals surface area contributed by atoms with Crippen molar-refractivity contribution in [2.45, 2.75) is 32.0 Å². The third kappa shape index (κ3) is 3.40. The van der Waals surface area contributed by atoms with Crippen LogP contribution in [0.5, 0.6) is 0 Å². The standard InChI is InChI=1S/C15H15F3N4O2/c1-9-7-13(20-14(23)11-3-2-6-24-11)22(21-9)12-5-4-10(8-19-12)15(16,17)18/h4-5,7-8,11H,2-3,6H2,1H3,(H,20,23)/t11-/m0/s1. The smallest absolute Gasteiger partial charge is 0.368 e. The maximum atomic E-state index is 12.6. The summed E-state index contributed by atoms with van der Waals surface area (Å²) in [4.78, 5) is 15.9. The molecule has 9 heteroatoms. The van der Waals surface area contributed by atoms with E-state index in [2.05, 4.69) is 15.4 Å². The quantitative estimate of drug-likeness (QED) is 0.933. The first-order valence-corrected chi connectivity index (χ1v) is 7.37. The van der Waals surface area contributed by atoms with Crippen molar-refractivity contribution in [2.75, 3.05) is 11.9 Å². The number of carbonyl (C=O) groups excluding carboxylic acids is 1. The van der Waals surface area contributed by atoms with Gasteiger partial charge in [0.05, 0.1) is 11.3 Å². The molecule has 0 aromatic carbocycles. The Bertz CT molecular complexity index is 734. The van der Waals surface area contributed by atoms with Crippen molar-refractivity contribution < 1.29 is 22.7 Å². The number of hydrogen-bond acceptors (Lipinski definition) is 4. The summed E-state index contributed by atoms with van der Waals surface area (Å²) in [7, 11) is 0. The summed E-state index contributed by atoms with van der Waals surface area (Å²) in [5.41, 5.74) is -0.251. The van der Waals surface area contributed by atoms with Gasteiger partial charge in [-0.15, -0.1) is 0 Å². The fourth-order valence-electron chi connectivity index (χ4n) is 2.43. The molecule has 2 aromatic rings. The fraction of sp³-hybridized carbons (Fsp3) is 0.400. The molecule has 0 unspecified atom stereocenters. The zero-order valence-electron chi connectivity index (χ0n) is 12.8. The SMILES string of the molecule is Cc1cc(NC(=O)[C@@H]2CCCO2)n(-c2ccc(C(F)(F)F)cn2)n1. The lowest BCUT2D eigenvalue weighted by Gasteiger charge is -2.12. The van der Waals surface area contributed by atoms with E-state index in [1.807, 2.05) is 0 Å². The van der Waals surface area contributed by atoms with Gasteiger partial charge >= 0.3 is 6.18 Å². The van der Waals surface area contributed by atoms with Crippen LogP contribution in [-0.2, 0) is 15.7 Å². The minimum Gasteiger partial charge on any atom is -0.368 e. The van der Waals surface area contributed by atoms with Gasteiger partial charge in [-0.25, -0.2) is 4.98 Å². The number of hydrogen-bond donors (Lipinski definition) is 1. The molecule has 0 aliphatic carbocycles. The van der Waals surface area contributed by atoms with Gasteiger partial charge < -0.3 is 10.1 Å². The summed E-state index contributed by atoms with van der Waals surface area (Å²) in [6.07, 6.45) is -2.79. The number of nitrogens with zero attached hydrogens (tertiary/aromatic N) is 3. The van der Waals surface area contributed by atoms with E-state index in [4.69, 9.17) is 4.74 Å². The van der Waals surface area contributed by atoms with Crippen molar-refractivity contribution in [3.8, 4) is 5.82 Å². The van der Waals surface area contributed by atoms with Gasteiger partial charge in [-0.05, 0) is 31.9 Å². The first-order chi connectivity index (χ1) is 11.3. The second-order valence-electron chi connectivity index (χ2n) is 5.48. The van der Waals surface area contributed by atoms with Crippen molar-refractivity contribution in [1.29, 1.82) is 0 Å². The fourth-order valence-corrected chi connectivity index (χ4v) is 2.43. The largest absolute Gasteiger partial charge is 0.417 e. The van der Waals surface area contributed by atoms with E-state index in [1.165, 1.54) is 10.7 Å². The van der Waals surface area contributed by atoms with E-state index < -0.39 is 17.8 Å². The Kier molecular flexibility index (Phi) is 4.27. The number of carbonyl (C=O) groups is 1. The lowest BCUT2D eigenvalue weighted by Crippen LogP contribution is -2.28. The van der Waals surface area contributed by atoms with Crippen LogP contribution in [-0.4, -0.2) is 33.4 Å². The lowest BCUT2D eigenvalue weighted by atomic mass is 10.2. The van der Waals surface area contributed by atoms with Gasteiger partial charge in [0, 0.05) is 18.9 Å². The molecule has 1 N–H and O–H groups in total. The maximum absolute atomic E-state index is 12.6. The number of ether oxygens (including phenoxy) is 1. The lowest BCUT2D eigenvalue weighted by molar-refractivity contribution is -0.137. The highest BCUT2D eigenvalue weighted by atomic mass is 19.4. The monoisotopic (exact) mass is 340 g/mol. The number of alkyl halides is 3. The maximum Gasteiger partial charge on any atom is 0.417 e. The molecule has 0 radical (unpaired) electrons. The van der Waals surface area contributed by atoms with Crippen LogP contribution in [0.4, 0.5) is 19.0 Å². The van der Waals surface area contributed by atoms with Gasteiger partial charge in [0.25, 0.3) is 5.91 Å². The highest BCUT2D eigenvalue weighted by Gasteiger charge is 2.31. The van der Waals surface area contributed by atoms with E-state index >= 15 is 0 Å². The van der Waals surface area contributed by atoms with E-state index in [-0.39, 0.29) is 11.7 Å². The van der Waals surface area contributed by atoms with Crippen LogP contribution in [0.25, 0.3) is 5.82 Å². The minimum atomic E-state index is -4.46. The topological polar surface area (TPSA) is 69.0 Å². The van der Waals surface area contributed by atoms with Crippen molar-refractivity contribution in [1.82, 2.24) is 14.8 Å². The van der Waals surface area contributed by atoms with Crippen LogP contribution >= 0.6 is 0 Å². The molecule has 0 bridgehead atoms. The molecule has 0 spiro atoms. The summed E-state index contributed by atoms with van der Waals surface area (Å²) in [5, 5.41) is 6.86. The number of aromatic nitrogens is 3. The summed E-state index contributed by atoms with van der Waals surface area (Å²) in [6.45, 7) is 2.25. The molecule has 128 valence electrons. The summed E-state index contributed by atoms with van der Waals surface area (Å²) in [6, 6.07) is 3.74. The van der Waals surface area contributed by atoms with Crippen molar-refractivity contribution in [3.63, 3.8) is 0 Å². The number of aryl methyl sites for hydroxylation is 1.